The van der Waals surface area contributed by atoms with Crippen LogP contribution in [0.5, 0.6) is 5.75 Å². The van der Waals surface area contributed by atoms with Gasteiger partial charge in [0.05, 0.1) is 0 Å². The van der Waals surface area contributed by atoms with Crippen molar-refractivity contribution in [1.29, 1.82) is 0 Å². The number of rotatable bonds is 5. The molecule has 2 N–H and O–H groups in total. The smallest absolute Gasteiger partial charge is 0.198 e. The highest BCUT2D eigenvalue weighted by molar-refractivity contribution is 9.10. The Bertz CT molecular complexity index is 897. The van der Waals surface area contributed by atoms with Crippen molar-refractivity contribution in [3.8, 4) is 5.75 Å². The van der Waals surface area contributed by atoms with E-state index in [1.54, 1.807) is 7.11 Å². The first-order valence-electron chi connectivity index (χ1n) is 8.81. The number of nitrogens with zero attached hydrogens (tertiary/aromatic N) is 3. The van der Waals surface area contributed by atoms with Gasteiger partial charge in [-0.2, -0.15) is 0 Å². The van der Waals surface area contributed by atoms with Crippen LogP contribution in [-0.2, 0) is 10.3 Å². The number of fused-ring (bicyclic) bond motifs is 1. The highest BCUT2D eigenvalue weighted by Gasteiger charge is 2.49. The van der Waals surface area contributed by atoms with Crippen LogP contribution >= 0.6 is 15.9 Å². The van der Waals surface area contributed by atoms with Crippen molar-refractivity contribution in [2.45, 2.75) is 12.0 Å². The molecule has 0 amide bonds. The number of ether oxygens (including phenoxy) is 2. The molecular weight excluding hydrogens is 408 g/mol. The fourth-order valence-electron chi connectivity index (χ4n) is 3.61. The standard InChI is InChI=1S/C20H21BrN4O2/c1-26-13-27-17-8-6-14(7-9-17)20(15-4-2-5-16(21)12-15)18-23-10-3-11-25(18)19(22)24-20/h2,4-9,12H,3,10-11,13H2,1H3,(H2,22,24). The fourth-order valence-corrected chi connectivity index (χ4v) is 4.01. The van der Waals surface area contributed by atoms with Gasteiger partial charge in [0.1, 0.15) is 11.6 Å². The number of aliphatic imine (C=N–C) groups is 2. The Kier molecular flexibility index (Phi) is 4.88. The molecule has 1 atom stereocenters. The third-order valence-electron chi connectivity index (χ3n) is 4.80. The lowest BCUT2D eigenvalue weighted by atomic mass is 9.82. The summed E-state index contributed by atoms with van der Waals surface area (Å²) in [7, 11) is 1.60. The van der Waals surface area contributed by atoms with Crippen molar-refractivity contribution in [1.82, 2.24) is 4.90 Å². The molecule has 2 aliphatic rings. The molecule has 1 unspecified atom stereocenters. The van der Waals surface area contributed by atoms with E-state index in [0.29, 0.717) is 5.96 Å². The average Bonchev–Trinajstić information content (AvgIpc) is 3.01. The van der Waals surface area contributed by atoms with Crippen LogP contribution in [0.3, 0.4) is 0 Å². The van der Waals surface area contributed by atoms with Gasteiger partial charge in [0.2, 0.25) is 0 Å². The Balaban J connectivity index is 1.86. The molecule has 0 fully saturated rings. The molecule has 0 spiro atoms. The molecule has 2 aromatic carbocycles. The second-order valence-electron chi connectivity index (χ2n) is 6.48. The molecule has 2 aliphatic heterocycles. The highest BCUT2D eigenvalue weighted by Crippen LogP contribution is 2.42. The van der Waals surface area contributed by atoms with Gasteiger partial charge in [-0.05, 0) is 41.8 Å². The lowest BCUT2D eigenvalue weighted by Gasteiger charge is -2.33. The van der Waals surface area contributed by atoms with Crippen LogP contribution in [0.1, 0.15) is 17.5 Å². The maximum atomic E-state index is 6.32. The first-order chi connectivity index (χ1) is 13.1. The molecule has 7 heteroatoms. The van der Waals surface area contributed by atoms with E-state index in [9.17, 15) is 0 Å². The summed E-state index contributed by atoms with van der Waals surface area (Å²) in [5.41, 5.74) is 7.58. The second-order valence-corrected chi connectivity index (χ2v) is 7.39. The van der Waals surface area contributed by atoms with E-state index in [4.69, 9.17) is 25.2 Å². The largest absolute Gasteiger partial charge is 0.468 e. The minimum Gasteiger partial charge on any atom is -0.468 e. The van der Waals surface area contributed by atoms with E-state index >= 15 is 0 Å². The normalized spacial score (nSPS) is 21.5. The molecule has 0 bridgehead atoms. The second kappa shape index (κ2) is 7.32. The van der Waals surface area contributed by atoms with Gasteiger partial charge in [-0.25, -0.2) is 4.99 Å². The van der Waals surface area contributed by atoms with Gasteiger partial charge in [-0.1, -0.05) is 40.2 Å². The molecule has 0 aliphatic carbocycles. The number of methoxy groups -OCH3 is 1. The van der Waals surface area contributed by atoms with Crippen LogP contribution in [0.4, 0.5) is 0 Å². The van der Waals surface area contributed by atoms with Gasteiger partial charge in [-0.15, -0.1) is 0 Å². The molecule has 2 aromatic rings. The number of amidine groups is 1. The first kappa shape index (κ1) is 18.0. The molecule has 2 heterocycles. The summed E-state index contributed by atoms with van der Waals surface area (Å²) in [5, 5.41) is 0. The summed E-state index contributed by atoms with van der Waals surface area (Å²) >= 11 is 3.58. The number of nitrogens with two attached hydrogens (primary N) is 1. The Hall–Kier alpha value is -2.38. The number of halogens is 1. The van der Waals surface area contributed by atoms with Crippen LogP contribution in [0.2, 0.25) is 0 Å². The predicted octanol–water partition coefficient (Wildman–Crippen LogP) is 3.11. The zero-order valence-electron chi connectivity index (χ0n) is 15.1. The van der Waals surface area contributed by atoms with E-state index in [0.717, 1.165) is 46.7 Å². The van der Waals surface area contributed by atoms with E-state index in [2.05, 4.69) is 28.1 Å². The maximum Gasteiger partial charge on any atom is 0.198 e. The first-order valence-corrected chi connectivity index (χ1v) is 9.60. The Labute approximate surface area is 166 Å². The van der Waals surface area contributed by atoms with Gasteiger partial charge in [-0.3, -0.25) is 9.89 Å². The van der Waals surface area contributed by atoms with Crippen molar-refractivity contribution in [3.05, 3.63) is 64.1 Å². The molecule has 27 heavy (non-hydrogen) atoms. The zero-order valence-corrected chi connectivity index (χ0v) is 16.6. The van der Waals surface area contributed by atoms with E-state index < -0.39 is 5.54 Å². The third kappa shape index (κ3) is 3.11. The minimum atomic E-state index is -0.756. The maximum absolute atomic E-state index is 6.32. The summed E-state index contributed by atoms with van der Waals surface area (Å²) in [4.78, 5) is 11.8. The molecule has 0 saturated carbocycles. The van der Waals surface area contributed by atoms with Gasteiger partial charge in [0.25, 0.3) is 0 Å². The minimum absolute atomic E-state index is 0.210. The van der Waals surface area contributed by atoms with Gasteiger partial charge >= 0.3 is 0 Å². The lowest BCUT2D eigenvalue weighted by Crippen LogP contribution is -2.46. The number of hydrogen-bond acceptors (Lipinski definition) is 6. The van der Waals surface area contributed by atoms with Crippen molar-refractivity contribution >= 4 is 27.7 Å². The molecule has 0 radical (unpaired) electrons. The van der Waals surface area contributed by atoms with Crippen LogP contribution in [0.15, 0.2) is 63.0 Å². The SMILES string of the molecule is COCOc1ccc(C2(c3cccc(Br)c3)N=C(N)N3CCCN=C32)cc1. The molecule has 4 rings (SSSR count). The van der Waals surface area contributed by atoms with Crippen molar-refractivity contribution < 1.29 is 9.47 Å². The summed E-state index contributed by atoms with van der Waals surface area (Å²) in [6.07, 6.45) is 0.970. The summed E-state index contributed by atoms with van der Waals surface area (Å²) in [6.45, 7) is 1.82. The van der Waals surface area contributed by atoms with Gasteiger partial charge in [0.15, 0.2) is 18.3 Å². The molecule has 0 saturated heterocycles. The number of benzene rings is 2. The van der Waals surface area contributed by atoms with Crippen molar-refractivity contribution in [3.63, 3.8) is 0 Å². The lowest BCUT2D eigenvalue weighted by molar-refractivity contribution is 0.0511. The molecule has 140 valence electrons. The Morgan fingerprint density at radius 1 is 1.19 bits per heavy atom. The predicted molar refractivity (Wildman–Crippen MR) is 109 cm³/mol. The van der Waals surface area contributed by atoms with Gasteiger partial charge in [0, 0.05) is 24.7 Å². The highest BCUT2D eigenvalue weighted by atomic mass is 79.9. The topological polar surface area (TPSA) is 72.4 Å². The van der Waals surface area contributed by atoms with Crippen LogP contribution in [0.25, 0.3) is 0 Å². The molecule has 6 nitrogen and oxygen atoms in total. The van der Waals surface area contributed by atoms with E-state index in [1.807, 2.05) is 41.3 Å². The number of guanidine groups is 1. The summed E-state index contributed by atoms with van der Waals surface area (Å²) in [5.74, 6) is 2.13. The van der Waals surface area contributed by atoms with Crippen molar-refractivity contribution in [2.24, 2.45) is 15.7 Å². The molecular formula is C20H21BrN4O2. The summed E-state index contributed by atoms with van der Waals surface area (Å²) in [6, 6.07) is 16.0. The number of hydrogen-bond donors (Lipinski definition) is 1. The summed E-state index contributed by atoms with van der Waals surface area (Å²) < 4.78 is 11.5. The van der Waals surface area contributed by atoms with E-state index in [1.165, 1.54) is 0 Å². The van der Waals surface area contributed by atoms with E-state index in [-0.39, 0.29) is 6.79 Å². The van der Waals surface area contributed by atoms with Crippen LogP contribution in [0, 0.1) is 0 Å². The third-order valence-corrected chi connectivity index (χ3v) is 5.29. The monoisotopic (exact) mass is 428 g/mol. The fraction of sp³-hybridized carbons (Fsp3) is 0.300. The zero-order chi connectivity index (χ0) is 18.9. The molecule has 0 aromatic heterocycles. The average molecular weight is 429 g/mol. The van der Waals surface area contributed by atoms with Crippen LogP contribution in [-0.4, -0.2) is 43.7 Å². The Morgan fingerprint density at radius 2 is 2.00 bits per heavy atom. The Morgan fingerprint density at radius 3 is 2.74 bits per heavy atom. The quantitative estimate of drug-likeness (QED) is 0.742. The van der Waals surface area contributed by atoms with Crippen molar-refractivity contribution in [2.75, 3.05) is 27.0 Å². The van der Waals surface area contributed by atoms with Crippen LogP contribution < -0.4 is 10.5 Å². The van der Waals surface area contributed by atoms with Gasteiger partial charge < -0.3 is 15.2 Å².